The number of alkyl halides is 3. The summed E-state index contributed by atoms with van der Waals surface area (Å²) in [7, 11) is 0. The summed E-state index contributed by atoms with van der Waals surface area (Å²) in [6, 6.07) is 0. The fourth-order valence-corrected chi connectivity index (χ4v) is 8.12. The van der Waals surface area contributed by atoms with Gasteiger partial charge in [0.2, 0.25) is 0 Å². The smallest absolute Gasteiger partial charge is 0.266 e. The van der Waals surface area contributed by atoms with Crippen LogP contribution in [0.15, 0.2) is 0 Å². The maximum absolute atomic E-state index is 13.3. The van der Waals surface area contributed by atoms with E-state index in [2.05, 4.69) is 22.9 Å². The average molecular weight is 433 g/mol. The van der Waals surface area contributed by atoms with E-state index in [1.165, 1.54) is 0 Å². The number of Topliss-reactive ketones (excluding diaryl/α,β-unsaturated/α-hetero) is 1. The van der Waals surface area contributed by atoms with Crippen LogP contribution in [-0.4, -0.2) is 28.2 Å². The van der Waals surface area contributed by atoms with Crippen LogP contribution in [0.2, 0.25) is 0 Å². The van der Waals surface area contributed by atoms with Crippen molar-refractivity contribution in [1.82, 2.24) is 0 Å². The molecule has 5 heteroatoms. The number of hydrogen-bond acceptors (Lipinski definition) is 2. The molecule has 0 bridgehead atoms. The number of carbonyl (C=O) groups excluding carboxylic acids is 1. The number of fused-ring (bicyclic) bond motifs is 5. The average Bonchev–Trinajstić information content (AvgIpc) is 2.97. The largest absolute Gasteiger partial charge is 0.384 e. The molecule has 1 N–H and O–H groups in total. The van der Waals surface area contributed by atoms with Gasteiger partial charge in [-0.05, 0) is 92.8 Å². The summed E-state index contributed by atoms with van der Waals surface area (Å²) in [5, 5.41) is 10.8. The van der Waals surface area contributed by atoms with E-state index in [4.69, 9.17) is 0 Å². The van der Waals surface area contributed by atoms with Gasteiger partial charge >= 0.3 is 0 Å². The zero-order chi connectivity index (χ0) is 18.7. The van der Waals surface area contributed by atoms with Crippen molar-refractivity contribution in [3.8, 4) is 0 Å². The van der Waals surface area contributed by atoms with Gasteiger partial charge in [-0.25, -0.2) is 8.78 Å². The number of halogens is 3. The van der Waals surface area contributed by atoms with Crippen LogP contribution in [-0.2, 0) is 4.79 Å². The van der Waals surface area contributed by atoms with Crippen LogP contribution >= 0.6 is 15.9 Å². The van der Waals surface area contributed by atoms with Crippen molar-refractivity contribution in [1.29, 1.82) is 0 Å². The molecule has 4 aliphatic carbocycles. The van der Waals surface area contributed by atoms with Crippen LogP contribution < -0.4 is 0 Å². The fourth-order valence-electron chi connectivity index (χ4n) is 7.73. The quantitative estimate of drug-likeness (QED) is 0.620. The van der Waals surface area contributed by atoms with Gasteiger partial charge < -0.3 is 5.11 Å². The number of carbonyl (C=O) groups is 1. The summed E-state index contributed by atoms with van der Waals surface area (Å²) in [6.07, 6.45) is 5.15. The first-order chi connectivity index (χ1) is 12.3. The highest BCUT2D eigenvalue weighted by Gasteiger charge is 2.59. The van der Waals surface area contributed by atoms with Crippen molar-refractivity contribution in [3.05, 3.63) is 0 Å². The molecule has 148 valence electrons. The van der Waals surface area contributed by atoms with Gasteiger partial charge in [0, 0.05) is 5.92 Å². The highest BCUT2D eigenvalue weighted by molar-refractivity contribution is 9.09. The Kier molecular flexibility index (Phi) is 5.04. The van der Waals surface area contributed by atoms with Crippen LogP contribution in [0, 0.1) is 40.9 Å². The molecular formula is C21H31BrF2O2. The molecule has 26 heavy (non-hydrogen) atoms. The number of rotatable bonds is 3. The van der Waals surface area contributed by atoms with Crippen molar-refractivity contribution in [2.45, 2.75) is 76.7 Å². The summed E-state index contributed by atoms with van der Waals surface area (Å²) >= 11 is 3.37. The third-order valence-electron chi connectivity index (χ3n) is 8.97. The normalized spacial score (nSPS) is 50.8. The molecule has 0 heterocycles. The minimum absolute atomic E-state index is 0.136. The zero-order valence-corrected chi connectivity index (χ0v) is 17.2. The molecule has 0 saturated heterocycles. The zero-order valence-electron chi connectivity index (χ0n) is 15.6. The van der Waals surface area contributed by atoms with Crippen LogP contribution in [0.25, 0.3) is 0 Å². The molecule has 4 fully saturated rings. The Labute approximate surface area is 163 Å². The molecule has 0 aromatic rings. The molecule has 4 saturated carbocycles. The predicted molar refractivity (Wildman–Crippen MR) is 100 cm³/mol. The van der Waals surface area contributed by atoms with E-state index in [-0.39, 0.29) is 30.1 Å². The van der Waals surface area contributed by atoms with E-state index in [9.17, 15) is 18.7 Å². The molecule has 8 unspecified atom stereocenters. The van der Waals surface area contributed by atoms with Gasteiger partial charge in [0.05, 0.1) is 5.33 Å². The van der Waals surface area contributed by atoms with Crippen molar-refractivity contribution in [3.63, 3.8) is 0 Å². The second-order valence-corrected chi connectivity index (χ2v) is 10.4. The monoisotopic (exact) mass is 432 g/mol. The van der Waals surface area contributed by atoms with Crippen molar-refractivity contribution >= 4 is 21.7 Å². The molecule has 0 aromatic carbocycles. The second-order valence-electron chi connectivity index (χ2n) is 9.86. The summed E-state index contributed by atoms with van der Waals surface area (Å²) in [5.74, 6) is 3.21. The first-order valence-electron chi connectivity index (χ1n) is 10.4. The van der Waals surface area contributed by atoms with Gasteiger partial charge in [0.15, 0.2) is 0 Å². The van der Waals surface area contributed by atoms with E-state index in [1.54, 1.807) is 0 Å². The second kappa shape index (κ2) is 6.79. The number of aliphatic hydroxyl groups is 1. The summed E-state index contributed by atoms with van der Waals surface area (Å²) in [5.41, 5.74) is -1.62. The summed E-state index contributed by atoms with van der Waals surface area (Å²) < 4.78 is 26.6. The molecule has 0 aliphatic heterocycles. The highest BCUT2D eigenvalue weighted by atomic mass is 79.9. The summed E-state index contributed by atoms with van der Waals surface area (Å²) in [4.78, 5) is 12.5. The Bertz CT molecular complexity index is 570. The van der Waals surface area contributed by atoms with Gasteiger partial charge in [-0.2, -0.15) is 0 Å². The topological polar surface area (TPSA) is 37.3 Å². The molecule has 2 nitrogen and oxygen atoms in total. The predicted octanol–water partition coefficient (Wildman–Crippen LogP) is 5.22. The maximum Gasteiger partial charge on any atom is 0.266 e. The summed E-state index contributed by atoms with van der Waals surface area (Å²) in [6.45, 7) is 2.34. The lowest BCUT2D eigenvalue weighted by Gasteiger charge is -2.57. The lowest BCUT2D eigenvalue weighted by atomic mass is 9.49. The van der Waals surface area contributed by atoms with Crippen LogP contribution in [0.5, 0.6) is 0 Å². The van der Waals surface area contributed by atoms with E-state index in [0.717, 1.165) is 44.9 Å². The third-order valence-corrected chi connectivity index (χ3v) is 9.52. The molecule has 4 aliphatic rings. The number of hydrogen-bond donors (Lipinski definition) is 1. The lowest BCUT2D eigenvalue weighted by Crippen LogP contribution is -2.53. The minimum atomic E-state index is -2.62. The molecule has 0 aromatic heterocycles. The van der Waals surface area contributed by atoms with Gasteiger partial charge in [-0.3, -0.25) is 4.79 Å². The van der Waals surface area contributed by atoms with E-state index >= 15 is 0 Å². The van der Waals surface area contributed by atoms with Crippen molar-refractivity contribution < 1.29 is 18.7 Å². The standard InChI is InChI=1S/C21H31BrF2O2/c1-20-8-6-14-13-7-9-21(26,19(23)24)10-12(13)2-3-15(14)16(20)4-5-17(20)18(25)11-22/h12-17,19,26H,2-11H2,1H3. The number of ketones is 1. The van der Waals surface area contributed by atoms with Gasteiger partial charge in [-0.1, -0.05) is 22.9 Å². The highest BCUT2D eigenvalue weighted by Crippen LogP contribution is 2.64. The van der Waals surface area contributed by atoms with Gasteiger partial charge in [-0.15, -0.1) is 0 Å². The minimum Gasteiger partial charge on any atom is -0.384 e. The Morgan fingerprint density at radius 1 is 1.08 bits per heavy atom. The first-order valence-corrected chi connectivity index (χ1v) is 11.5. The van der Waals surface area contributed by atoms with Crippen molar-refractivity contribution in [2.75, 3.05) is 5.33 Å². The van der Waals surface area contributed by atoms with Crippen LogP contribution in [0.4, 0.5) is 8.78 Å². The first kappa shape index (κ1) is 19.3. The molecule has 8 atom stereocenters. The molecule has 0 amide bonds. The lowest BCUT2D eigenvalue weighted by molar-refractivity contribution is -0.160. The third kappa shape index (κ3) is 2.82. The van der Waals surface area contributed by atoms with Crippen LogP contribution in [0.1, 0.15) is 64.7 Å². The van der Waals surface area contributed by atoms with Gasteiger partial charge in [0.1, 0.15) is 11.4 Å². The molecule has 4 rings (SSSR count). The maximum atomic E-state index is 13.3. The fraction of sp³-hybridized carbons (Fsp3) is 0.952. The molecule has 0 spiro atoms. The van der Waals surface area contributed by atoms with E-state index in [0.29, 0.717) is 34.8 Å². The SMILES string of the molecule is CC12CCC3C4CCC(O)(C(F)F)CC4CCC3C1CCC2C(=O)CBr. The Morgan fingerprint density at radius 2 is 1.81 bits per heavy atom. The molecular weight excluding hydrogens is 402 g/mol. The van der Waals surface area contributed by atoms with Crippen LogP contribution in [0.3, 0.4) is 0 Å². The van der Waals surface area contributed by atoms with Crippen molar-refractivity contribution in [2.24, 2.45) is 40.9 Å². The molecule has 0 radical (unpaired) electrons. The Balaban J connectivity index is 1.52. The van der Waals surface area contributed by atoms with E-state index in [1.807, 2.05) is 0 Å². The van der Waals surface area contributed by atoms with E-state index < -0.39 is 12.0 Å². The van der Waals surface area contributed by atoms with Gasteiger partial charge in [0.25, 0.3) is 6.43 Å². The Morgan fingerprint density at radius 3 is 2.50 bits per heavy atom. The Hall–Kier alpha value is -0.0300.